The highest BCUT2D eigenvalue weighted by Crippen LogP contribution is 2.42. The summed E-state index contributed by atoms with van der Waals surface area (Å²) in [6.45, 7) is 14.7. The molecule has 2 heterocycles. The van der Waals surface area contributed by atoms with Crippen LogP contribution in [0.2, 0.25) is 0 Å². The van der Waals surface area contributed by atoms with Gasteiger partial charge in [0.15, 0.2) is 0 Å². The molecule has 0 radical (unpaired) electrons. The highest BCUT2D eigenvalue weighted by molar-refractivity contribution is 6.01. The van der Waals surface area contributed by atoms with Gasteiger partial charge in [0.1, 0.15) is 24.2 Å². The molecule has 6 unspecified atom stereocenters. The summed E-state index contributed by atoms with van der Waals surface area (Å²) < 4.78 is 0. The zero-order valence-corrected chi connectivity index (χ0v) is 47.3. The smallest absolute Gasteiger partial charge is 0.251 e. The van der Waals surface area contributed by atoms with Gasteiger partial charge in [0.2, 0.25) is 35.4 Å². The molecule has 422 valence electrons. The summed E-state index contributed by atoms with van der Waals surface area (Å²) in [7, 11) is 3.34. The van der Waals surface area contributed by atoms with E-state index in [1.54, 1.807) is 46.1 Å². The van der Waals surface area contributed by atoms with Crippen LogP contribution in [0.25, 0.3) is 0 Å². The molecule has 76 heavy (non-hydrogen) atoms. The number of benzene rings is 1. The van der Waals surface area contributed by atoms with Gasteiger partial charge in [-0.05, 0) is 119 Å². The summed E-state index contributed by atoms with van der Waals surface area (Å²) >= 11 is 0. The highest BCUT2D eigenvalue weighted by atomic mass is 16.2. The lowest BCUT2D eigenvalue weighted by Crippen LogP contribution is -2.60. The molecule has 0 aromatic heterocycles. The molecule has 8 amide bonds. The maximum Gasteiger partial charge on any atom is 0.251 e. The van der Waals surface area contributed by atoms with Crippen LogP contribution < -0.4 is 42.5 Å². The van der Waals surface area contributed by atoms with Crippen molar-refractivity contribution in [3.63, 3.8) is 0 Å². The minimum atomic E-state index is -0.961. The Morgan fingerprint density at radius 3 is 1.25 bits per heavy atom. The van der Waals surface area contributed by atoms with Gasteiger partial charge in [-0.1, -0.05) is 112 Å². The van der Waals surface area contributed by atoms with Gasteiger partial charge < -0.3 is 52.3 Å². The normalized spacial score (nSPS) is 29.3. The van der Waals surface area contributed by atoms with Gasteiger partial charge in [0.25, 0.3) is 11.8 Å². The van der Waals surface area contributed by atoms with Gasteiger partial charge >= 0.3 is 0 Å². The number of likely N-dealkylation sites (N-methyl/N-ethyl adjacent to an activating group) is 2. The summed E-state index contributed by atoms with van der Waals surface area (Å²) in [5, 5.41) is 24.6. The quantitative estimate of drug-likeness (QED) is 0.117. The molecule has 8 N–H and O–H groups in total. The summed E-state index contributed by atoms with van der Waals surface area (Å²) in [4.78, 5) is 116. The van der Waals surface area contributed by atoms with Gasteiger partial charge in [-0.3, -0.25) is 38.4 Å². The number of likely N-dealkylation sites (tertiary alicyclic amines) is 2. The molecule has 0 bridgehead atoms. The van der Waals surface area contributed by atoms with E-state index < -0.39 is 82.8 Å². The van der Waals surface area contributed by atoms with Crippen LogP contribution in [0.4, 0.5) is 0 Å². The monoisotopic (exact) mass is 1060 g/mol. The first-order valence-corrected chi connectivity index (χ1v) is 28.9. The van der Waals surface area contributed by atoms with Crippen molar-refractivity contribution in [3.05, 3.63) is 35.4 Å². The lowest BCUT2D eigenvalue weighted by molar-refractivity contribution is -0.144. The van der Waals surface area contributed by atoms with Gasteiger partial charge in [-0.2, -0.15) is 0 Å². The van der Waals surface area contributed by atoms with Crippen molar-refractivity contribution in [2.24, 2.45) is 34.5 Å². The lowest BCUT2D eigenvalue weighted by Gasteiger charge is -2.42. The molecule has 18 heteroatoms. The molecule has 6 aliphatic rings. The number of carbonyl (C=O) groups excluding carboxylic acids is 8. The van der Waals surface area contributed by atoms with Crippen LogP contribution in [0.15, 0.2) is 24.3 Å². The maximum atomic E-state index is 14.7. The summed E-state index contributed by atoms with van der Waals surface area (Å²) in [6, 6.07) is 0.199. The van der Waals surface area contributed by atoms with Gasteiger partial charge in [0, 0.05) is 48.4 Å². The Bertz CT molecular complexity index is 2120. The Morgan fingerprint density at radius 1 is 0.513 bits per heavy atom. The zero-order valence-electron chi connectivity index (χ0n) is 47.3. The van der Waals surface area contributed by atoms with E-state index in [4.69, 9.17) is 0 Å². The molecular formula is C58H92N10O8. The van der Waals surface area contributed by atoms with Crippen molar-refractivity contribution in [3.8, 4) is 0 Å². The molecule has 1 aromatic carbocycles. The third-order valence-corrected chi connectivity index (χ3v) is 18.1. The fraction of sp³-hybridized carbons (Fsp3) is 0.759. The second kappa shape index (κ2) is 25.1. The van der Waals surface area contributed by atoms with Gasteiger partial charge in [0.05, 0.1) is 12.1 Å². The summed E-state index contributed by atoms with van der Waals surface area (Å²) in [6.07, 6.45) is 15.6. The van der Waals surface area contributed by atoms with E-state index in [1.807, 2.05) is 41.5 Å². The average Bonchev–Trinajstić information content (AvgIpc) is 4.03. The van der Waals surface area contributed by atoms with Gasteiger partial charge in [-0.25, -0.2) is 0 Å². The first-order valence-electron chi connectivity index (χ1n) is 28.9. The van der Waals surface area contributed by atoms with Crippen molar-refractivity contribution in [1.29, 1.82) is 0 Å². The van der Waals surface area contributed by atoms with Crippen molar-refractivity contribution < 1.29 is 38.4 Å². The van der Waals surface area contributed by atoms with Crippen LogP contribution in [0.3, 0.4) is 0 Å². The second-order valence-electron chi connectivity index (χ2n) is 25.6. The molecule has 14 atom stereocenters. The number of amides is 8. The predicted octanol–water partition coefficient (Wildman–Crippen LogP) is 4.31. The minimum absolute atomic E-state index is 0.00250. The number of nitrogens with zero attached hydrogens (tertiary/aromatic N) is 2. The Labute approximate surface area is 452 Å². The van der Waals surface area contributed by atoms with E-state index in [1.165, 1.54) is 28.7 Å². The second-order valence-corrected chi connectivity index (χ2v) is 25.6. The number of hydrogen-bond acceptors (Lipinski definition) is 10. The fourth-order valence-electron chi connectivity index (χ4n) is 13.4. The third-order valence-electron chi connectivity index (χ3n) is 18.1. The molecule has 7 rings (SSSR count). The maximum absolute atomic E-state index is 14.7. The molecule has 0 spiro atoms. The number of fused-ring (bicyclic) bond motifs is 2. The molecule has 2 saturated heterocycles. The highest BCUT2D eigenvalue weighted by Gasteiger charge is 2.49. The number of rotatable bonds is 16. The first-order chi connectivity index (χ1) is 36.0. The number of nitrogens with one attached hydrogen (secondary N) is 8. The van der Waals surface area contributed by atoms with E-state index in [0.29, 0.717) is 23.7 Å². The minimum Gasteiger partial charge on any atom is -0.351 e. The molecule has 1 aromatic rings. The van der Waals surface area contributed by atoms with Crippen molar-refractivity contribution in [1.82, 2.24) is 52.3 Å². The van der Waals surface area contributed by atoms with E-state index >= 15 is 0 Å². The number of carbonyl (C=O) groups is 8. The van der Waals surface area contributed by atoms with E-state index in [9.17, 15) is 38.4 Å². The van der Waals surface area contributed by atoms with Crippen LogP contribution in [0.1, 0.15) is 179 Å². The van der Waals surface area contributed by atoms with E-state index in [2.05, 4.69) is 42.5 Å². The van der Waals surface area contributed by atoms with Gasteiger partial charge in [-0.15, -0.1) is 0 Å². The van der Waals surface area contributed by atoms with Crippen molar-refractivity contribution in [2.75, 3.05) is 27.2 Å². The molecule has 2 aliphatic heterocycles. The standard InChI is InChI=1S/C58H92N10O8/c1-33(59-9)49(69)65-47(57(3,4)5)55(75)67-31-39(29-45(67)53(73)63-43-26-16-20-35-18-11-13-24-41(35)43)61-51(71)37-22-15-23-38(28-37)52(72)62-40-30-46(54(74)64-44-27-17-21-36-19-12-14-25-42(36)44)68(32-40)56(76)48(58(6,7)8)66-50(70)34(2)60-10/h15,22-23,28,33-36,39-48,59-60H,11-14,16-21,24-27,29-32H2,1-10H3,(H,61,71)(H,62,72)(H,63,73)(H,64,74)(H,65,69)(H,66,70)/t33-,34-,35?,36?,39-,40-,41?,42?,43?,44?,45-,46-,47+,48+/m0/s1. The van der Waals surface area contributed by atoms with Crippen LogP contribution in [0, 0.1) is 34.5 Å². The summed E-state index contributed by atoms with van der Waals surface area (Å²) in [5.41, 5.74) is -1.04. The molecule has 18 nitrogen and oxygen atoms in total. The van der Waals surface area contributed by atoms with Crippen LogP contribution >= 0.6 is 0 Å². The van der Waals surface area contributed by atoms with Crippen LogP contribution in [-0.4, -0.2) is 145 Å². The number of hydrogen-bond donors (Lipinski definition) is 8. The molecular weight excluding hydrogens is 965 g/mol. The molecule has 4 saturated carbocycles. The summed E-state index contributed by atoms with van der Waals surface area (Å²) in [5.74, 6) is -1.08. The average molecular weight is 1060 g/mol. The Hall–Kier alpha value is -5.10. The Morgan fingerprint density at radius 2 is 0.882 bits per heavy atom. The molecule has 4 aliphatic carbocycles. The van der Waals surface area contributed by atoms with E-state index in [-0.39, 0.29) is 72.8 Å². The predicted molar refractivity (Wildman–Crippen MR) is 291 cm³/mol. The molecule has 6 fully saturated rings. The van der Waals surface area contributed by atoms with E-state index in [0.717, 1.165) is 77.0 Å². The Kier molecular flexibility index (Phi) is 19.4. The topological polar surface area (TPSA) is 239 Å². The zero-order chi connectivity index (χ0) is 55.2. The largest absolute Gasteiger partial charge is 0.351 e. The van der Waals surface area contributed by atoms with Crippen molar-refractivity contribution >= 4 is 47.3 Å². The van der Waals surface area contributed by atoms with Crippen molar-refractivity contribution in [2.45, 2.75) is 219 Å². The Balaban J connectivity index is 1.07. The first kappa shape index (κ1) is 58.6. The van der Waals surface area contributed by atoms with Crippen LogP contribution in [0.5, 0.6) is 0 Å². The third kappa shape index (κ3) is 14.0. The lowest BCUT2D eigenvalue weighted by atomic mass is 9.68. The van der Waals surface area contributed by atoms with Crippen LogP contribution in [-0.2, 0) is 28.8 Å². The SMILES string of the molecule is CN[C@@H](C)C(=O)N[C@H](C(=O)N1C[C@@H](NC(=O)c2cccc(C(=O)N[C@H]3C[C@@H](C(=O)NC4CCCC5CCCCC54)N(C(=O)[C@@H](NC(=O)[C@H](C)NC)C(C)(C)C)C3)c2)C[C@H]1C(=O)NC1CCCC2CCCCC21)C(C)(C)C. The fourth-order valence-corrected chi connectivity index (χ4v) is 13.4.